The second-order valence-corrected chi connectivity index (χ2v) is 10.5. The lowest BCUT2D eigenvalue weighted by atomic mass is 9.67. The van der Waals surface area contributed by atoms with Crippen molar-refractivity contribution in [2.75, 3.05) is 14.2 Å². The molecule has 5 heteroatoms. The summed E-state index contributed by atoms with van der Waals surface area (Å²) in [4.78, 5) is 14.2. The summed E-state index contributed by atoms with van der Waals surface area (Å²) < 4.78 is 10.7. The summed E-state index contributed by atoms with van der Waals surface area (Å²) in [6.45, 7) is 4.27. The molecule has 1 atom stereocenters. The van der Waals surface area contributed by atoms with Crippen molar-refractivity contribution < 1.29 is 14.3 Å². The van der Waals surface area contributed by atoms with Gasteiger partial charge in [0.25, 0.3) is 0 Å². The second kappa shape index (κ2) is 9.95. The highest BCUT2D eigenvalue weighted by Crippen LogP contribution is 2.48. The summed E-state index contributed by atoms with van der Waals surface area (Å²) in [5.74, 6) is 1.44. The molecule has 188 valence electrons. The first-order valence-corrected chi connectivity index (χ1v) is 12.7. The molecule has 3 aromatic carbocycles. The highest BCUT2D eigenvalue weighted by molar-refractivity contribution is 6.30. The molecule has 1 aliphatic carbocycles. The van der Waals surface area contributed by atoms with Crippen LogP contribution >= 0.6 is 11.6 Å². The van der Waals surface area contributed by atoms with Crippen molar-refractivity contribution in [2.24, 2.45) is 5.41 Å². The number of allylic oxidation sites excluding steroid dienone is 4. The fraction of sp³-hybridized carbons (Fsp3) is 0.219. The molecule has 0 bridgehead atoms. The van der Waals surface area contributed by atoms with E-state index >= 15 is 0 Å². The molecule has 0 radical (unpaired) electrons. The summed E-state index contributed by atoms with van der Waals surface area (Å²) in [5, 5.41) is 4.30. The first-order chi connectivity index (χ1) is 17.8. The Morgan fingerprint density at radius 3 is 2.08 bits per heavy atom. The van der Waals surface area contributed by atoms with Crippen molar-refractivity contribution in [3.05, 3.63) is 117 Å². The topological polar surface area (TPSA) is 47.6 Å². The standard InChI is InChI=1S/C32H30ClNO3/c1-32(2)19-29-30(31(35)27(32)17-20-5-13-24(36-3)14-6-20)26(21-9-15-25(37-4)16-10-21)18-28(34-29)22-7-11-23(33)12-8-22/h5-18,26,34H,19H2,1-4H3/b27-17+. The fourth-order valence-corrected chi connectivity index (χ4v) is 5.24. The zero-order chi connectivity index (χ0) is 26.2. The van der Waals surface area contributed by atoms with E-state index in [2.05, 4.69) is 25.2 Å². The lowest BCUT2D eigenvalue weighted by Gasteiger charge is -2.40. The van der Waals surface area contributed by atoms with Gasteiger partial charge in [-0.1, -0.05) is 61.8 Å². The van der Waals surface area contributed by atoms with Crippen LogP contribution in [0.5, 0.6) is 11.5 Å². The molecule has 2 aliphatic rings. The molecule has 0 spiro atoms. The fourth-order valence-electron chi connectivity index (χ4n) is 5.12. The van der Waals surface area contributed by atoms with Crippen LogP contribution in [0, 0.1) is 5.41 Å². The van der Waals surface area contributed by atoms with Crippen LogP contribution in [0.3, 0.4) is 0 Å². The van der Waals surface area contributed by atoms with Crippen LogP contribution < -0.4 is 14.8 Å². The Hall–Kier alpha value is -3.76. The van der Waals surface area contributed by atoms with E-state index in [1.165, 1.54) is 0 Å². The van der Waals surface area contributed by atoms with Gasteiger partial charge in [-0.15, -0.1) is 0 Å². The predicted molar refractivity (Wildman–Crippen MR) is 150 cm³/mol. The van der Waals surface area contributed by atoms with Crippen LogP contribution in [0.25, 0.3) is 11.8 Å². The molecule has 0 amide bonds. The maximum atomic E-state index is 14.2. The largest absolute Gasteiger partial charge is 0.497 e. The van der Waals surface area contributed by atoms with Gasteiger partial charge in [-0.05, 0) is 77.1 Å². The van der Waals surface area contributed by atoms with E-state index in [-0.39, 0.29) is 17.1 Å². The minimum absolute atomic E-state index is 0.0711. The normalized spacial score (nSPS) is 19.7. The van der Waals surface area contributed by atoms with Gasteiger partial charge in [0, 0.05) is 33.5 Å². The number of dihydropyridines is 1. The Labute approximate surface area is 223 Å². The molecule has 1 aliphatic heterocycles. The average molecular weight is 512 g/mol. The number of rotatable bonds is 5. The number of hydrogen-bond acceptors (Lipinski definition) is 4. The highest BCUT2D eigenvalue weighted by atomic mass is 35.5. The molecule has 1 heterocycles. The third-order valence-electron chi connectivity index (χ3n) is 7.15. The summed E-state index contributed by atoms with van der Waals surface area (Å²) in [7, 11) is 3.30. The van der Waals surface area contributed by atoms with Crippen LogP contribution in [-0.4, -0.2) is 20.0 Å². The van der Waals surface area contributed by atoms with Gasteiger partial charge in [-0.25, -0.2) is 0 Å². The van der Waals surface area contributed by atoms with E-state index in [1.807, 2.05) is 78.9 Å². The van der Waals surface area contributed by atoms with Crippen molar-refractivity contribution in [1.82, 2.24) is 5.32 Å². The first-order valence-electron chi connectivity index (χ1n) is 12.3. The molecule has 3 aromatic rings. The lowest BCUT2D eigenvalue weighted by Crippen LogP contribution is -2.37. The van der Waals surface area contributed by atoms with E-state index in [0.717, 1.165) is 50.7 Å². The van der Waals surface area contributed by atoms with E-state index in [4.69, 9.17) is 21.1 Å². The number of methoxy groups -OCH3 is 2. The van der Waals surface area contributed by atoms with Gasteiger partial charge in [-0.3, -0.25) is 4.79 Å². The summed E-state index contributed by atoms with van der Waals surface area (Å²) >= 11 is 6.15. The number of benzene rings is 3. The third kappa shape index (κ3) is 4.94. The van der Waals surface area contributed by atoms with Gasteiger partial charge in [0.05, 0.1) is 14.2 Å². The number of halogens is 1. The van der Waals surface area contributed by atoms with Crippen LogP contribution in [0.2, 0.25) is 5.02 Å². The first kappa shape index (κ1) is 24.9. The van der Waals surface area contributed by atoms with E-state index in [9.17, 15) is 4.79 Å². The number of carbonyl (C=O) groups excluding carboxylic acids is 1. The zero-order valence-corrected chi connectivity index (χ0v) is 22.2. The van der Waals surface area contributed by atoms with Crippen LogP contribution in [0.4, 0.5) is 0 Å². The lowest BCUT2D eigenvalue weighted by molar-refractivity contribution is -0.113. The van der Waals surface area contributed by atoms with E-state index in [1.54, 1.807) is 14.2 Å². The molecule has 37 heavy (non-hydrogen) atoms. The number of hydrogen-bond donors (Lipinski definition) is 1. The predicted octanol–water partition coefficient (Wildman–Crippen LogP) is 7.42. The monoisotopic (exact) mass is 511 g/mol. The van der Waals surface area contributed by atoms with Crippen molar-refractivity contribution >= 4 is 29.2 Å². The maximum absolute atomic E-state index is 14.2. The van der Waals surface area contributed by atoms with Gasteiger partial charge in [0.15, 0.2) is 5.78 Å². The quantitative estimate of drug-likeness (QED) is 0.362. The van der Waals surface area contributed by atoms with Gasteiger partial charge in [0.2, 0.25) is 0 Å². The average Bonchev–Trinajstić information content (AvgIpc) is 2.91. The molecular weight excluding hydrogens is 482 g/mol. The molecule has 5 rings (SSSR count). The highest BCUT2D eigenvalue weighted by Gasteiger charge is 2.42. The van der Waals surface area contributed by atoms with Gasteiger partial charge < -0.3 is 14.8 Å². The minimum atomic E-state index is -0.351. The van der Waals surface area contributed by atoms with Crippen LogP contribution in [0.1, 0.15) is 42.9 Å². The number of ketones is 1. The number of carbonyl (C=O) groups is 1. The molecule has 0 fully saturated rings. The molecule has 1 unspecified atom stereocenters. The Kier molecular flexibility index (Phi) is 6.70. The number of Topliss-reactive ketones (excluding diaryl/α,β-unsaturated/α-hetero) is 1. The number of ether oxygens (including phenoxy) is 2. The van der Waals surface area contributed by atoms with Gasteiger partial charge in [-0.2, -0.15) is 0 Å². The third-order valence-corrected chi connectivity index (χ3v) is 7.40. The van der Waals surface area contributed by atoms with Crippen LogP contribution in [-0.2, 0) is 4.79 Å². The summed E-state index contributed by atoms with van der Waals surface area (Å²) in [6.07, 6.45) is 4.88. The minimum Gasteiger partial charge on any atom is -0.497 e. The zero-order valence-electron chi connectivity index (χ0n) is 21.5. The Balaban J connectivity index is 1.61. The Bertz CT molecular complexity index is 1410. The number of nitrogens with one attached hydrogen (secondary N) is 1. The SMILES string of the molecule is COc1ccc(/C=C2\C(=O)C3=C(CC2(C)C)NC(c2ccc(Cl)cc2)=CC3c2ccc(OC)cc2)cc1. The molecular formula is C32H30ClNO3. The molecule has 0 saturated carbocycles. The van der Waals surface area contributed by atoms with Crippen LogP contribution in [0.15, 0.2) is 95.7 Å². The van der Waals surface area contributed by atoms with E-state index in [0.29, 0.717) is 11.4 Å². The van der Waals surface area contributed by atoms with Crippen molar-refractivity contribution in [3.63, 3.8) is 0 Å². The molecule has 0 saturated heterocycles. The van der Waals surface area contributed by atoms with Crippen molar-refractivity contribution in [2.45, 2.75) is 26.2 Å². The second-order valence-electron chi connectivity index (χ2n) is 10.1. The van der Waals surface area contributed by atoms with Crippen molar-refractivity contribution in [3.8, 4) is 11.5 Å². The maximum Gasteiger partial charge on any atom is 0.188 e. The van der Waals surface area contributed by atoms with Gasteiger partial charge in [0.1, 0.15) is 11.5 Å². The van der Waals surface area contributed by atoms with E-state index < -0.39 is 0 Å². The summed E-state index contributed by atoms with van der Waals surface area (Å²) in [5.41, 5.74) is 6.23. The molecule has 1 N–H and O–H groups in total. The van der Waals surface area contributed by atoms with Crippen molar-refractivity contribution in [1.29, 1.82) is 0 Å². The smallest absolute Gasteiger partial charge is 0.188 e. The Morgan fingerprint density at radius 2 is 1.49 bits per heavy atom. The van der Waals surface area contributed by atoms with Gasteiger partial charge >= 0.3 is 0 Å². The summed E-state index contributed by atoms with van der Waals surface area (Å²) in [6, 6.07) is 23.5. The Morgan fingerprint density at radius 1 is 0.892 bits per heavy atom. The molecule has 0 aromatic heterocycles. The molecule has 4 nitrogen and oxygen atoms in total.